The highest BCUT2D eigenvalue weighted by atomic mass is 79.9. The number of carbonyl (C=O) groups is 1. The van der Waals surface area contributed by atoms with Crippen LogP contribution in [0.15, 0.2) is 22.8 Å². The van der Waals surface area contributed by atoms with E-state index < -0.39 is 6.10 Å². The summed E-state index contributed by atoms with van der Waals surface area (Å²) in [7, 11) is 0. The third-order valence-electron chi connectivity index (χ3n) is 2.19. The Morgan fingerprint density at radius 2 is 2.24 bits per heavy atom. The van der Waals surface area contributed by atoms with Crippen molar-refractivity contribution in [3.63, 3.8) is 0 Å². The molecule has 0 saturated heterocycles. The van der Waals surface area contributed by atoms with Crippen molar-refractivity contribution in [1.29, 1.82) is 0 Å². The zero-order valence-corrected chi connectivity index (χ0v) is 11.6. The highest BCUT2D eigenvalue weighted by Gasteiger charge is 2.11. The lowest BCUT2D eigenvalue weighted by Gasteiger charge is -2.13. The Kier molecular flexibility index (Phi) is 5.58. The van der Waals surface area contributed by atoms with Gasteiger partial charge in [-0.1, -0.05) is 19.9 Å². The highest BCUT2D eigenvalue weighted by molar-refractivity contribution is 9.10. The van der Waals surface area contributed by atoms with E-state index in [0.29, 0.717) is 22.6 Å². The van der Waals surface area contributed by atoms with Crippen LogP contribution < -0.4 is 5.32 Å². The van der Waals surface area contributed by atoms with Gasteiger partial charge < -0.3 is 10.4 Å². The molecular formula is C12H17BrN2O2. The van der Waals surface area contributed by atoms with Crippen molar-refractivity contribution in [2.24, 2.45) is 5.92 Å². The van der Waals surface area contributed by atoms with Crippen molar-refractivity contribution >= 4 is 21.8 Å². The predicted octanol–water partition coefficient (Wildman–Crippen LogP) is 1.98. The molecule has 4 nitrogen and oxygen atoms in total. The molecule has 0 saturated carbocycles. The minimum atomic E-state index is -0.508. The van der Waals surface area contributed by atoms with Crippen LogP contribution in [0.1, 0.15) is 30.8 Å². The van der Waals surface area contributed by atoms with Gasteiger partial charge in [0.15, 0.2) is 0 Å². The highest BCUT2D eigenvalue weighted by Crippen LogP contribution is 2.07. The van der Waals surface area contributed by atoms with E-state index in [1.165, 1.54) is 0 Å². The molecule has 1 heterocycles. The summed E-state index contributed by atoms with van der Waals surface area (Å²) in [5.41, 5.74) is 0.344. The van der Waals surface area contributed by atoms with E-state index in [1.54, 1.807) is 18.2 Å². The van der Waals surface area contributed by atoms with Gasteiger partial charge in [-0.05, 0) is 40.4 Å². The van der Waals surface area contributed by atoms with Crippen molar-refractivity contribution in [1.82, 2.24) is 10.3 Å². The second-order valence-electron chi connectivity index (χ2n) is 4.34. The van der Waals surface area contributed by atoms with Gasteiger partial charge in [0.1, 0.15) is 10.3 Å². The third kappa shape index (κ3) is 5.28. The third-order valence-corrected chi connectivity index (χ3v) is 2.63. The number of halogens is 1. The van der Waals surface area contributed by atoms with E-state index in [-0.39, 0.29) is 12.5 Å². The molecule has 0 aliphatic rings. The maximum atomic E-state index is 11.7. The zero-order chi connectivity index (χ0) is 12.8. The standard InChI is InChI=1S/C12H17BrN2O2/c1-8(2)6-9(16)7-14-12(17)10-4-3-5-11(13)15-10/h3-5,8-9,16H,6-7H2,1-2H3,(H,14,17). The fraction of sp³-hybridized carbons (Fsp3) is 0.500. The second kappa shape index (κ2) is 6.71. The fourth-order valence-electron chi connectivity index (χ4n) is 1.46. The van der Waals surface area contributed by atoms with Crippen LogP contribution in [0.25, 0.3) is 0 Å². The molecule has 0 fully saturated rings. The Hall–Kier alpha value is -0.940. The van der Waals surface area contributed by atoms with E-state index in [4.69, 9.17) is 0 Å². The van der Waals surface area contributed by atoms with Crippen molar-refractivity contribution in [3.8, 4) is 0 Å². The van der Waals surface area contributed by atoms with Gasteiger partial charge in [-0.2, -0.15) is 0 Å². The summed E-state index contributed by atoms with van der Waals surface area (Å²) in [6.07, 6.45) is 0.165. The summed E-state index contributed by atoms with van der Waals surface area (Å²) < 4.78 is 0.618. The first-order chi connectivity index (χ1) is 7.99. The van der Waals surface area contributed by atoms with E-state index in [1.807, 2.05) is 13.8 Å². The molecule has 0 spiro atoms. The smallest absolute Gasteiger partial charge is 0.270 e. The molecule has 2 N–H and O–H groups in total. The lowest BCUT2D eigenvalue weighted by molar-refractivity contribution is 0.0895. The fourth-order valence-corrected chi connectivity index (χ4v) is 1.81. The number of aliphatic hydroxyl groups is 1. The number of hydrogen-bond donors (Lipinski definition) is 2. The molecule has 0 aromatic carbocycles. The molecule has 94 valence electrons. The monoisotopic (exact) mass is 300 g/mol. The van der Waals surface area contributed by atoms with E-state index in [2.05, 4.69) is 26.2 Å². The number of nitrogens with zero attached hydrogens (tertiary/aromatic N) is 1. The number of hydrogen-bond acceptors (Lipinski definition) is 3. The van der Waals surface area contributed by atoms with Gasteiger partial charge in [0.2, 0.25) is 0 Å². The number of rotatable bonds is 5. The summed E-state index contributed by atoms with van der Waals surface area (Å²) in [6, 6.07) is 5.13. The number of aliphatic hydroxyl groups excluding tert-OH is 1. The Labute approximate surface area is 110 Å². The Balaban J connectivity index is 2.45. The molecule has 1 atom stereocenters. The number of nitrogens with one attached hydrogen (secondary N) is 1. The number of amides is 1. The van der Waals surface area contributed by atoms with E-state index in [9.17, 15) is 9.90 Å². The second-order valence-corrected chi connectivity index (χ2v) is 5.15. The molecule has 0 radical (unpaired) electrons. The van der Waals surface area contributed by atoms with E-state index in [0.717, 1.165) is 0 Å². The Morgan fingerprint density at radius 1 is 1.53 bits per heavy atom. The summed E-state index contributed by atoms with van der Waals surface area (Å²) in [4.78, 5) is 15.7. The number of pyridine rings is 1. The molecule has 1 rings (SSSR count). The minimum absolute atomic E-state index is 0.255. The molecule has 1 aromatic rings. The molecule has 5 heteroatoms. The average molecular weight is 301 g/mol. The summed E-state index contributed by atoms with van der Waals surface area (Å²) >= 11 is 3.20. The van der Waals surface area contributed by atoms with Gasteiger partial charge in [0.05, 0.1) is 6.10 Å². The number of carbonyl (C=O) groups excluding carboxylic acids is 1. The molecule has 0 aliphatic heterocycles. The van der Waals surface area contributed by atoms with Crippen molar-refractivity contribution in [3.05, 3.63) is 28.5 Å². The molecule has 17 heavy (non-hydrogen) atoms. The predicted molar refractivity (Wildman–Crippen MR) is 69.7 cm³/mol. The van der Waals surface area contributed by atoms with Gasteiger partial charge >= 0.3 is 0 Å². The van der Waals surface area contributed by atoms with Crippen molar-refractivity contribution < 1.29 is 9.90 Å². The maximum Gasteiger partial charge on any atom is 0.270 e. The van der Waals surface area contributed by atoms with Crippen LogP contribution >= 0.6 is 15.9 Å². The molecule has 0 bridgehead atoms. The molecular weight excluding hydrogens is 284 g/mol. The SMILES string of the molecule is CC(C)CC(O)CNC(=O)c1cccc(Br)n1. The summed E-state index contributed by atoms with van der Waals surface area (Å²) in [5.74, 6) is 0.139. The first-order valence-corrected chi connectivity index (χ1v) is 6.37. The zero-order valence-electron chi connectivity index (χ0n) is 9.98. The quantitative estimate of drug-likeness (QED) is 0.818. The van der Waals surface area contributed by atoms with Crippen molar-refractivity contribution in [2.45, 2.75) is 26.4 Å². The first-order valence-electron chi connectivity index (χ1n) is 5.58. The van der Waals surface area contributed by atoms with Gasteiger partial charge in [0, 0.05) is 6.54 Å². The van der Waals surface area contributed by atoms with Crippen LogP contribution in [0.4, 0.5) is 0 Å². The van der Waals surface area contributed by atoms with E-state index >= 15 is 0 Å². The van der Waals surface area contributed by atoms with Gasteiger partial charge in [-0.15, -0.1) is 0 Å². The van der Waals surface area contributed by atoms with Crippen LogP contribution in [0, 0.1) is 5.92 Å². The Bertz CT molecular complexity index is 383. The number of aromatic nitrogens is 1. The lowest BCUT2D eigenvalue weighted by Crippen LogP contribution is -2.33. The molecule has 1 unspecified atom stereocenters. The largest absolute Gasteiger partial charge is 0.391 e. The molecule has 1 aromatic heterocycles. The lowest BCUT2D eigenvalue weighted by atomic mass is 10.1. The van der Waals surface area contributed by atoms with Crippen LogP contribution in [0.5, 0.6) is 0 Å². The maximum absolute atomic E-state index is 11.7. The Morgan fingerprint density at radius 3 is 2.82 bits per heavy atom. The van der Waals surface area contributed by atoms with Gasteiger partial charge in [-0.25, -0.2) is 4.98 Å². The first kappa shape index (κ1) is 14.1. The van der Waals surface area contributed by atoms with Gasteiger partial charge in [0.25, 0.3) is 5.91 Å². The summed E-state index contributed by atoms with van der Waals surface area (Å²) in [5, 5.41) is 12.3. The minimum Gasteiger partial charge on any atom is -0.391 e. The summed E-state index contributed by atoms with van der Waals surface area (Å²) in [6.45, 7) is 4.31. The average Bonchev–Trinajstić information content (AvgIpc) is 2.25. The van der Waals surface area contributed by atoms with Crippen LogP contribution in [0.2, 0.25) is 0 Å². The topological polar surface area (TPSA) is 62.2 Å². The van der Waals surface area contributed by atoms with Gasteiger partial charge in [-0.3, -0.25) is 4.79 Å². The van der Waals surface area contributed by atoms with Crippen molar-refractivity contribution in [2.75, 3.05) is 6.54 Å². The van der Waals surface area contributed by atoms with Crippen LogP contribution in [-0.4, -0.2) is 28.6 Å². The van der Waals surface area contributed by atoms with Crippen LogP contribution in [0.3, 0.4) is 0 Å². The molecule has 0 aliphatic carbocycles. The molecule has 1 amide bonds. The normalized spacial score (nSPS) is 12.5. The van der Waals surface area contributed by atoms with Crippen LogP contribution in [-0.2, 0) is 0 Å².